The van der Waals surface area contributed by atoms with E-state index in [-0.39, 0.29) is 14.7 Å². The lowest BCUT2D eigenvalue weighted by Crippen LogP contribution is -2.44. The number of fused-ring (bicyclic) bond motifs is 1. The fourth-order valence-corrected chi connectivity index (χ4v) is 3.70. The molecule has 0 saturated carbocycles. The molecule has 2 aliphatic heterocycles. The van der Waals surface area contributed by atoms with Crippen molar-refractivity contribution in [3.05, 3.63) is 66.0 Å². The molecular weight excluding hydrogens is 501 g/mol. The first-order valence-corrected chi connectivity index (χ1v) is 9.51. The van der Waals surface area contributed by atoms with E-state index in [2.05, 4.69) is 4.98 Å². The summed E-state index contributed by atoms with van der Waals surface area (Å²) >= 11 is 1.71. The number of amides is 2. The predicted octanol–water partition coefficient (Wildman–Crippen LogP) is -1.01. The van der Waals surface area contributed by atoms with Crippen LogP contribution in [0.1, 0.15) is 26.9 Å². The van der Waals surface area contributed by atoms with E-state index in [1.165, 1.54) is 18.3 Å². The molecule has 1 aromatic carbocycles. The Morgan fingerprint density at radius 3 is 2.34 bits per heavy atom. The number of nitrogens with one attached hydrogen (secondary N) is 1. The number of aromatic nitrogens is 2. The summed E-state index contributed by atoms with van der Waals surface area (Å²) < 4.78 is 6.63. The molecule has 1 aromatic heterocycles. The van der Waals surface area contributed by atoms with E-state index in [9.17, 15) is 29.4 Å². The number of H-pyrrole nitrogens is 1. The monoisotopic (exact) mass is 515 g/mol. The molecule has 2 amide bonds. The standard InChI is InChI=1S/C17H14IN3O8/c18-9-5-20(17(27)19-13(9)24)16-11(23)12(10(6-22)28-16)29-21-14(25)7-3-1-2-4-8(7)15(21)26/h1-5,10-12,16,22-23H,6H2,(H,19,24,27)/t10-,11?,12?,16-/m0/s1. The molecule has 2 unspecified atom stereocenters. The molecule has 152 valence electrons. The second kappa shape index (κ2) is 7.46. The number of ether oxygens (including phenoxy) is 1. The summed E-state index contributed by atoms with van der Waals surface area (Å²) in [5.41, 5.74) is -1.14. The Hall–Kier alpha value is -2.39. The van der Waals surface area contributed by atoms with Crippen LogP contribution in [0.5, 0.6) is 0 Å². The summed E-state index contributed by atoms with van der Waals surface area (Å²) in [5.74, 6) is -1.43. The van der Waals surface area contributed by atoms with Gasteiger partial charge in [0.25, 0.3) is 17.4 Å². The lowest BCUT2D eigenvalue weighted by molar-refractivity contribution is -0.170. The molecule has 2 aliphatic rings. The summed E-state index contributed by atoms with van der Waals surface area (Å²) in [6, 6.07) is 6.12. The van der Waals surface area contributed by atoms with Crippen LogP contribution < -0.4 is 11.2 Å². The number of hydrogen-bond acceptors (Lipinski definition) is 8. The fraction of sp³-hybridized carbons (Fsp3) is 0.294. The summed E-state index contributed by atoms with van der Waals surface area (Å²) in [6.45, 7) is -0.614. The van der Waals surface area contributed by atoms with Gasteiger partial charge in [-0.05, 0) is 34.7 Å². The normalized spacial score (nSPS) is 26.2. The molecule has 0 spiro atoms. The van der Waals surface area contributed by atoms with Gasteiger partial charge in [-0.1, -0.05) is 12.1 Å². The average Bonchev–Trinajstić information content (AvgIpc) is 3.14. The zero-order valence-corrected chi connectivity index (χ0v) is 16.7. The van der Waals surface area contributed by atoms with Crippen LogP contribution in [-0.2, 0) is 9.57 Å². The Balaban J connectivity index is 1.63. The second-order valence-corrected chi connectivity index (χ2v) is 7.56. The van der Waals surface area contributed by atoms with Gasteiger partial charge in [-0.3, -0.25) is 28.8 Å². The van der Waals surface area contributed by atoms with Gasteiger partial charge in [-0.15, -0.1) is 5.06 Å². The number of aliphatic hydroxyl groups excluding tert-OH is 2. The molecule has 3 heterocycles. The number of aliphatic hydroxyl groups is 2. The van der Waals surface area contributed by atoms with Crippen molar-refractivity contribution in [1.29, 1.82) is 0 Å². The third kappa shape index (κ3) is 3.22. The van der Waals surface area contributed by atoms with Crippen molar-refractivity contribution in [2.45, 2.75) is 24.5 Å². The SMILES string of the molecule is O=C1c2ccccc2C(=O)N1OC1C(O)[C@@H](n2cc(I)c(=O)[nH]c2=O)O[C@H]1CO. The number of aromatic amines is 1. The molecule has 2 aromatic rings. The van der Waals surface area contributed by atoms with Crippen LogP contribution in [-0.4, -0.2) is 61.6 Å². The first-order chi connectivity index (χ1) is 13.8. The summed E-state index contributed by atoms with van der Waals surface area (Å²) in [5, 5.41) is 20.8. The number of benzene rings is 1. The Labute approximate surface area is 175 Å². The van der Waals surface area contributed by atoms with Crippen molar-refractivity contribution in [2.75, 3.05) is 6.61 Å². The number of carbonyl (C=O) groups excluding carboxylic acids is 2. The lowest BCUT2D eigenvalue weighted by atomic mass is 10.1. The number of rotatable bonds is 4. The van der Waals surface area contributed by atoms with Crippen molar-refractivity contribution in [3.8, 4) is 0 Å². The van der Waals surface area contributed by atoms with Gasteiger partial charge >= 0.3 is 5.69 Å². The van der Waals surface area contributed by atoms with Gasteiger partial charge in [0.05, 0.1) is 21.3 Å². The van der Waals surface area contributed by atoms with Crippen molar-refractivity contribution >= 4 is 34.4 Å². The van der Waals surface area contributed by atoms with Gasteiger partial charge in [0, 0.05) is 6.20 Å². The molecule has 0 bridgehead atoms. The highest BCUT2D eigenvalue weighted by Gasteiger charge is 2.49. The number of carbonyl (C=O) groups is 2. The minimum Gasteiger partial charge on any atom is -0.394 e. The third-order valence-corrected chi connectivity index (χ3v) is 5.44. The highest BCUT2D eigenvalue weighted by molar-refractivity contribution is 14.1. The van der Waals surface area contributed by atoms with Gasteiger partial charge in [-0.25, -0.2) is 4.79 Å². The van der Waals surface area contributed by atoms with Crippen LogP contribution in [0.4, 0.5) is 0 Å². The maximum Gasteiger partial charge on any atom is 0.330 e. The highest BCUT2D eigenvalue weighted by Crippen LogP contribution is 2.33. The van der Waals surface area contributed by atoms with E-state index >= 15 is 0 Å². The number of halogens is 1. The van der Waals surface area contributed by atoms with Crippen LogP contribution in [0.15, 0.2) is 40.1 Å². The molecule has 4 atom stereocenters. The minimum absolute atomic E-state index is 0.148. The number of hydrogen-bond donors (Lipinski definition) is 3. The van der Waals surface area contributed by atoms with Gasteiger partial charge in [-0.2, -0.15) is 0 Å². The van der Waals surface area contributed by atoms with Crippen LogP contribution in [0.3, 0.4) is 0 Å². The van der Waals surface area contributed by atoms with E-state index in [0.29, 0.717) is 5.06 Å². The summed E-state index contributed by atoms with van der Waals surface area (Å²) in [7, 11) is 0. The quantitative estimate of drug-likeness (QED) is 0.346. The largest absolute Gasteiger partial charge is 0.394 e. The molecular formula is C17H14IN3O8. The zero-order valence-electron chi connectivity index (χ0n) is 14.5. The Bertz CT molecular complexity index is 1080. The van der Waals surface area contributed by atoms with Gasteiger partial charge in [0.15, 0.2) is 6.23 Å². The molecule has 0 radical (unpaired) electrons. The van der Waals surface area contributed by atoms with Crippen LogP contribution in [0.25, 0.3) is 0 Å². The second-order valence-electron chi connectivity index (χ2n) is 6.40. The molecule has 0 aliphatic carbocycles. The Kier molecular flexibility index (Phi) is 5.12. The van der Waals surface area contributed by atoms with Crippen LogP contribution >= 0.6 is 22.6 Å². The maximum absolute atomic E-state index is 12.5. The smallest absolute Gasteiger partial charge is 0.330 e. The average molecular weight is 515 g/mol. The van der Waals surface area contributed by atoms with Crippen LogP contribution in [0.2, 0.25) is 0 Å². The highest BCUT2D eigenvalue weighted by atomic mass is 127. The first kappa shape index (κ1) is 19.9. The summed E-state index contributed by atoms with van der Waals surface area (Å²) in [6.07, 6.45) is -4.13. The van der Waals surface area contributed by atoms with Gasteiger partial charge in [0.1, 0.15) is 18.3 Å². The van der Waals surface area contributed by atoms with Gasteiger partial charge < -0.3 is 14.9 Å². The number of imide groups is 1. The molecule has 1 saturated heterocycles. The van der Waals surface area contributed by atoms with Gasteiger partial charge in [0.2, 0.25) is 0 Å². The maximum atomic E-state index is 12.5. The molecule has 11 nitrogen and oxygen atoms in total. The number of hydroxylamine groups is 2. The summed E-state index contributed by atoms with van der Waals surface area (Å²) in [4.78, 5) is 56.2. The van der Waals surface area contributed by atoms with E-state index in [4.69, 9.17) is 9.57 Å². The molecule has 12 heteroatoms. The molecule has 1 fully saturated rings. The topological polar surface area (TPSA) is 151 Å². The van der Waals surface area contributed by atoms with E-state index in [0.717, 1.165) is 4.57 Å². The number of nitrogens with zero attached hydrogens (tertiary/aromatic N) is 2. The predicted molar refractivity (Wildman–Crippen MR) is 103 cm³/mol. The van der Waals surface area contributed by atoms with E-state index < -0.39 is 54.2 Å². The molecule has 29 heavy (non-hydrogen) atoms. The van der Waals surface area contributed by atoms with Crippen molar-refractivity contribution in [3.63, 3.8) is 0 Å². The fourth-order valence-electron chi connectivity index (χ4n) is 3.26. The molecule has 3 N–H and O–H groups in total. The van der Waals surface area contributed by atoms with Crippen molar-refractivity contribution in [2.24, 2.45) is 0 Å². The molecule has 4 rings (SSSR count). The van der Waals surface area contributed by atoms with Crippen molar-refractivity contribution < 1.29 is 29.4 Å². The minimum atomic E-state index is -1.53. The third-order valence-electron chi connectivity index (χ3n) is 4.67. The van der Waals surface area contributed by atoms with E-state index in [1.807, 2.05) is 0 Å². The first-order valence-electron chi connectivity index (χ1n) is 8.43. The van der Waals surface area contributed by atoms with Crippen molar-refractivity contribution in [1.82, 2.24) is 14.6 Å². The lowest BCUT2D eigenvalue weighted by Gasteiger charge is -2.23. The van der Waals surface area contributed by atoms with E-state index in [1.54, 1.807) is 34.7 Å². The zero-order chi connectivity index (χ0) is 20.9. The van der Waals surface area contributed by atoms with Crippen LogP contribution in [0, 0.1) is 3.57 Å². The Morgan fingerprint density at radius 2 is 1.76 bits per heavy atom. The Morgan fingerprint density at radius 1 is 1.14 bits per heavy atom.